The Morgan fingerprint density at radius 1 is 0.696 bits per heavy atom. The van der Waals surface area contributed by atoms with Crippen molar-refractivity contribution < 1.29 is 50.9 Å². The standard InChI is InChI=1S/C26H17N5O.2C2HF3O2/c32-26(29-22-9-5-7-18-14-27-12-11-20(18)22)24-23-10-3-4-13-31(23)25(30-24)21-16-28-15-17-6-1-2-8-19(17)21;2*3-2(4,5)1(6)7/h1-16H,(H,29,32);2*(H,6,7). The second-order valence-corrected chi connectivity index (χ2v) is 9.11. The van der Waals surface area contributed by atoms with E-state index in [1.807, 2.05) is 83.5 Å². The average molecular weight is 644 g/mol. The minimum atomic E-state index is -5.08. The maximum atomic E-state index is 13.4. The van der Waals surface area contributed by atoms with Crippen molar-refractivity contribution in [3.63, 3.8) is 0 Å². The molecule has 6 rings (SSSR count). The first kappa shape index (κ1) is 32.8. The van der Waals surface area contributed by atoms with Gasteiger partial charge in [-0.2, -0.15) is 26.3 Å². The third kappa shape index (κ3) is 7.53. The van der Waals surface area contributed by atoms with Crippen molar-refractivity contribution >= 4 is 50.6 Å². The Morgan fingerprint density at radius 3 is 1.96 bits per heavy atom. The van der Waals surface area contributed by atoms with Crippen LogP contribution in [0.25, 0.3) is 38.4 Å². The van der Waals surface area contributed by atoms with E-state index in [0.717, 1.165) is 38.3 Å². The molecule has 0 aliphatic rings. The molecule has 16 heteroatoms. The molecule has 236 valence electrons. The molecule has 4 aromatic heterocycles. The Balaban J connectivity index is 0.000000289. The van der Waals surface area contributed by atoms with Crippen LogP contribution in [0.3, 0.4) is 0 Å². The van der Waals surface area contributed by atoms with Crippen LogP contribution in [0.15, 0.2) is 97.7 Å². The van der Waals surface area contributed by atoms with Gasteiger partial charge in [0.25, 0.3) is 5.91 Å². The normalized spacial score (nSPS) is 11.3. The molecule has 2 aromatic carbocycles. The van der Waals surface area contributed by atoms with Crippen LogP contribution < -0.4 is 5.32 Å². The van der Waals surface area contributed by atoms with Crippen LogP contribution in [0.5, 0.6) is 0 Å². The van der Waals surface area contributed by atoms with Crippen molar-refractivity contribution in [1.29, 1.82) is 0 Å². The average Bonchev–Trinajstić information content (AvgIpc) is 3.40. The number of nitrogens with zero attached hydrogens (tertiary/aromatic N) is 4. The summed E-state index contributed by atoms with van der Waals surface area (Å²) in [5, 5.41) is 21.2. The molecule has 10 nitrogen and oxygen atoms in total. The van der Waals surface area contributed by atoms with Gasteiger partial charge in [-0.05, 0) is 29.7 Å². The highest BCUT2D eigenvalue weighted by Crippen LogP contribution is 2.30. The molecule has 46 heavy (non-hydrogen) atoms. The van der Waals surface area contributed by atoms with Crippen molar-refractivity contribution in [3.8, 4) is 11.4 Å². The van der Waals surface area contributed by atoms with Crippen LogP contribution in [-0.4, -0.2) is 59.8 Å². The quantitative estimate of drug-likeness (QED) is 0.183. The predicted molar refractivity (Wildman–Crippen MR) is 153 cm³/mol. The number of aromatic nitrogens is 4. The SMILES string of the molecule is O=C(Nc1cccc2cnccc12)c1nc(-c2cncc3ccccc23)n2ccccc12.O=C(O)C(F)(F)F.O=C(O)C(F)(F)F. The Kier molecular flexibility index (Phi) is 9.49. The number of halogens is 6. The van der Waals surface area contributed by atoms with Gasteiger partial charge in [-0.1, -0.05) is 42.5 Å². The second kappa shape index (κ2) is 13.3. The van der Waals surface area contributed by atoms with Crippen molar-refractivity contribution in [2.45, 2.75) is 12.4 Å². The van der Waals surface area contributed by atoms with E-state index in [9.17, 15) is 31.1 Å². The number of amides is 1. The zero-order valence-corrected chi connectivity index (χ0v) is 22.9. The van der Waals surface area contributed by atoms with Gasteiger partial charge in [0.15, 0.2) is 5.69 Å². The van der Waals surface area contributed by atoms with Crippen molar-refractivity contribution in [3.05, 3.63) is 103 Å². The lowest BCUT2D eigenvalue weighted by atomic mass is 10.1. The zero-order valence-electron chi connectivity index (χ0n) is 22.9. The number of pyridine rings is 3. The summed E-state index contributed by atoms with van der Waals surface area (Å²) in [6.07, 6.45) is -1.13. The number of rotatable bonds is 3. The van der Waals surface area contributed by atoms with Crippen LogP contribution in [0, 0.1) is 0 Å². The Bertz CT molecular complexity index is 2030. The third-order valence-electron chi connectivity index (χ3n) is 6.09. The Hall–Kier alpha value is -6.06. The van der Waals surface area contributed by atoms with Crippen LogP contribution in [0.1, 0.15) is 10.5 Å². The largest absolute Gasteiger partial charge is 0.490 e. The number of carboxylic acid groups (broad SMARTS) is 2. The molecule has 0 unspecified atom stereocenters. The smallest absolute Gasteiger partial charge is 0.475 e. The van der Waals surface area contributed by atoms with Crippen LogP contribution in [-0.2, 0) is 9.59 Å². The number of aliphatic carboxylic acids is 2. The predicted octanol–water partition coefficient (Wildman–Crippen LogP) is 6.62. The molecular formula is C30H19F6N5O5. The first-order valence-electron chi connectivity index (χ1n) is 12.7. The number of alkyl halides is 6. The molecule has 3 N–H and O–H groups in total. The molecule has 1 amide bonds. The van der Waals surface area contributed by atoms with Gasteiger partial charge in [0, 0.05) is 58.4 Å². The summed E-state index contributed by atoms with van der Waals surface area (Å²) in [5.74, 6) is -5.10. The number of nitrogens with one attached hydrogen (secondary N) is 1. The third-order valence-corrected chi connectivity index (χ3v) is 6.09. The number of hydrogen-bond donors (Lipinski definition) is 3. The first-order chi connectivity index (χ1) is 21.7. The Labute approximate surface area is 253 Å². The van der Waals surface area contributed by atoms with Gasteiger partial charge in [-0.3, -0.25) is 19.2 Å². The highest BCUT2D eigenvalue weighted by atomic mass is 19.4. The van der Waals surface area contributed by atoms with E-state index in [2.05, 4.69) is 15.3 Å². The molecule has 0 fully saturated rings. The van der Waals surface area contributed by atoms with Crippen molar-refractivity contribution in [2.24, 2.45) is 0 Å². The molecule has 0 aliphatic carbocycles. The van der Waals surface area contributed by atoms with Gasteiger partial charge in [0.1, 0.15) is 5.82 Å². The van der Waals surface area contributed by atoms with E-state index in [0.29, 0.717) is 11.5 Å². The summed E-state index contributed by atoms with van der Waals surface area (Å²) >= 11 is 0. The monoisotopic (exact) mass is 643 g/mol. The van der Waals surface area contributed by atoms with E-state index in [1.165, 1.54) is 0 Å². The van der Waals surface area contributed by atoms with Crippen LogP contribution in [0.2, 0.25) is 0 Å². The maximum Gasteiger partial charge on any atom is 0.490 e. The van der Waals surface area contributed by atoms with Gasteiger partial charge in [0.2, 0.25) is 0 Å². The number of carbonyl (C=O) groups excluding carboxylic acids is 1. The number of carboxylic acids is 2. The molecule has 0 aliphatic heterocycles. The molecule has 0 saturated carbocycles. The molecule has 0 bridgehead atoms. The minimum absolute atomic E-state index is 0.266. The lowest BCUT2D eigenvalue weighted by molar-refractivity contribution is -0.193. The van der Waals surface area contributed by atoms with Crippen molar-refractivity contribution in [2.75, 3.05) is 5.32 Å². The topological polar surface area (TPSA) is 147 Å². The minimum Gasteiger partial charge on any atom is -0.475 e. The summed E-state index contributed by atoms with van der Waals surface area (Å²) in [5.41, 5.74) is 2.69. The number of imidazole rings is 1. The number of benzene rings is 2. The van der Waals surface area contributed by atoms with Gasteiger partial charge < -0.3 is 15.5 Å². The maximum absolute atomic E-state index is 13.4. The number of hydrogen-bond acceptors (Lipinski definition) is 6. The lowest BCUT2D eigenvalue weighted by Crippen LogP contribution is -2.21. The highest BCUT2D eigenvalue weighted by molar-refractivity contribution is 6.12. The van der Waals surface area contributed by atoms with Crippen molar-refractivity contribution in [1.82, 2.24) is 19.4 Å². The summed E-state index contributed by atoms with van der Waals surface area (Å²) in [6.45, 7) is 0. The highest BCUT2D eigenvalue weighted by Gasteiger charge is 2.38. The lowest BCUT2D eigenvalue weighted by Gasteiger charge is -2.07. The molecular weight excluding hydrogens is 624 g/mol. The van der Waals surface area contributed by atoms with E-state index in [-0.39, 0.29) is 5.91 Å². The van der Waals surface area contributed by atoms with Gasteiger partial charge in [-0.25, -0.2) is 14.6 Å². The first-order valence-corrected chi connectivity index (χ1v) is 12.7. The molecule has 0 saturated heterocycles. The number of carbonyl (C=O) groups is 3. The fraction of sp³-hybridized carbons (Fsp3) is 0.0667. The van der Waals surface area contributed by atoms with Crippen LogP contribution >= 0.6 is 0 Å². The van der Waals surface area contributed by atoms with E-state index < -0.39 is 24.3 Å². The van der Waals surface area contributed by atoms with E-state index in [4.69, 9.17) is 24.8 Å². The summed E-state index contributed by atoms with van der Waals surface area (Å²) in [7, 11) is 0. The summed E-state index contributed by atoms with van der Waals surface area (Å²) < 4.78 is 65.4. The van der Waals surface area contributed by atoms with E-state index >= 15 is 0 Å². The van der Waals surface area contributed by atoms with E-state index in [1.54, 1.807) is 18.6 Å². The molecule has 4 heterocycles. The fourth-order valence-corrected chi connectivity index (χ4v) is 4.10. The molecule has 0 atom stereocenters. The van der Waals surface area contributed by atoms with Gasteiger partial charge in [0.05, 0.1) is 5.52 Å². The number of fused-ring (bicyclic) bond motifs is 3. The van der Waals surface area contributed by atoms with Gasteiger partial charge >= 0.3 is 24.3 Å². The molecule has 0 spiro atoms. The Morgan fingerprint density at radius 2 is 1.28 bits per heavy atom. The summed E-state index contributed by atoms with van der Waals surface area (Å²) in [4.78, 5) is 44.5. The summed E-state index contributed by atoms with van der Waals surface area (Å²) in [6, 6.07) is 21.4. The number of anilines is 1. The zero-order chi connectivity index (χ0) is 33.6. The fourth-order valence-electron chi connectivity index (χ4n) is 4.10. The second-order valence-electron chi connectivity index (χ2n) is 9.11. The molecule has 6 aromatic rings. The van der Waals surface area contributed by atoms with Crippen LogP contribution in [0.4, 0.5) is 32.0 Å². The van der Waals surface area contributed by atoms with Gasteiger partial charge in [-0.15, -0.1) is 0 Å². The molecule has 0 radical (unpaired) electrons.